The smallest absolute Gasteiger partial charge is 0.407 e. The molecule has 0 spiro atoms. The fourth-order valence-electron chi connectivity index (χ4n) is 3.01. The van der Waals surface area contributed by atoms with Crippen LogP contribution in [0.2, 0.25) is 0 Å². The summed E-state index contributed by atoms with van der Waals surface area (Å²) in [7, 11) is 0. The van der Waals surface area contributed by atoms with E-state index >= 15 is 0 Å². The highest BCUT2D eigenvalue weighted by atomic mass is 32.1. The number of hydrogen-bond acceptors (Lipinski definition) is 5. The molecule has 2 N–H and O–H groups in total. The molecule has 1 fully saturated rings. The van der Waals surface area contributed by atoms with Gasteiger partial charge in [0.15, 0.2) is 0 Å². The van der Waals surface area contributed by atoms with Crippen LogP contribution in [0.25, 0.3) is 0 Å². The Labute approximate surface area is 143 Å². The molecule has 2 rings (SSSR count). The molecule has 6 heteroatoms. The Bertz CT molecular complexity index is 524. The number of hydrogen-bond donors (Lipinski definition) is 2. The summed E-state index contributed by atoms with van der Waals surface area (Å²) in [5.74, 6) is 0.449. The van der Waals surface area contributed by atoms with Gasteiger partial charge in [-0.1, -0.05) is 6.42 Å². The van der Waals surface area contributed by atoms with Gasteiger partial charge in [0.05, 0.1) is 10.7 Å². The molecule has 3 unspecified atom stereocenters. The van der Waals surface area contributed by atoms with Gasteiger partial charge in [-0.3, -0.25) is 0 Å². The van der Waals surface area contributed by atoms with Crippen molar-refractivity contribution in [1.82, 2.24) is 15.6 Å². The molecule has 1 heterocycles. The number of alkyl carbamates (subject to hydrolysis) is 1. The predicted molar refractivity (Wildman–Crippen MR) is 93.8 cm³/mol. The lowest BCUT2D eigenvalue weighted by Gasteiger charge is -2.25. The monoisotopic (exact) mass is 339 g/mol. The maximum Gasteiger partial charge on any atom is 0.407 e. The van der Waals surface area contributed by atoms with Crippen molar-refractivity contribution in [3.8, 4) is 0 Å². The number of aryl methyl sites for hydroxylation is 1. The third kappa shape index (κ3) is 5.77. The van der Waals surface area contributed by atoms with Crippen molar-refractivity contribution < 1.29 is 9.53 Å². The number of rotatable bonds is 5. The molecule has 0 bridgehead atoms. The molecule has 0 saturated heterocycles. The van der Waals surface area contributed by atoms with Crippen molar-refractivity contribution in [2.24, 2.45) is 5.92 Å². The first-order valence-electron chi connectivity index (χ1n) is 8.39. The van der Waals surface area contributed by atoms with Gasteiger partial charge in [0.1, 0.15) is 5.60 Å². The van der Waals surface area contributed by atoms with Gasteiger partial charge in [-0.05, 0) is 53.4 Å². The lowest BCUT2D eigenvalue weighted by molar-refractivity contribution is 0.0517. The molecule has 0 aliphatic heterocycles. The maximum atomic E-state index is 11.8. The highest BCUT2D eigenvalue weighted by molar-refractivity contribution is 7.09. The fraction of sp³-hybridized carbons (Fsp3) is 0.765. The summed E-state index contributed by atoms with van der Waals surface area (Å²) < 4.78 is 5.31. The summed E-state index contributed by atoms with van der Waals surface area (Å²) in [6.45, 7) is 10.5. The van der Waals surface area contributed by atoms with Gasteiger partial charge in [-0.15, -0.1) is 11.3 Å². The zero-order valence-electron chi connectivity index (χ0n) is 14.8. The Morgan fingerprint density at radius 2 is 2.22 bits per heavy atom. The van der Waals surface area contributed by atoms with E-state index in [4.69, 9.17) is 4.74 Å². The van der Waals surface area contributed by atoms with Gasteiger partial charge in [0.25, 0.3) is 0 Å². The second-order valence-corrected chi connectivity index (χ2v) is 8.42. The van der Waals surface area contributed by atoms with E-state index in [-0.39, 0.29) is 12.1 Å². The highest BCUT2D eigenvalue weighted by Crippen LogP contribution is 2.28. The summed E-state index contributed by atoms with van der Waals surface area (Å²) in [6, 6.07) is 0.661. The van der Waals surface area contributed by atoms with Crippen LogP contribution < -0.4 is 10.6 Å². The molecular formula is C17H29N3O2S. The van der Waals surface area contributed by atoms with Gasteiger partial charge in [0.2, 0.25) is 0 Å². The molecule has 130 valence electrons. The normalized spacial score (nSPS) is 22.8. The van der Waals surface area contributed by atoms with Crippen LogP contribution in [0.1, 0.15) is 63.7 Å². The standard InChI is InChI=1S/C17H29N3O2S/c1-11(15-10-23-12(2)20-15)19-14-8-6-7-13(14)9-18-16(21)22-17(3,4)5/h10-11,13-14,19H,6-9H2,1-5H3,(H,18,21). The Hall–Kier alpha value is -1.14. The average molecular weight is 340 g/mol. The van der Waals surface area contributed by atoms with Crippen molar-refractivity contribution >= 4 is 17.4 Å². The maximum absolute atomic E-state index is 11.8. The first-order valence-corrected chi connectivity index (χ1v) is 9.27. The van der Waals surface area contributed by atoms with E-state index in [0.29, 0.717) is 18.5 Å². The zero-order chi connectivity index (χ0) is 17.0. The van der Waals surface area contributed by atoms with Crippen molar-refractivity contribution in [2.75, 3.05) is 6.54 Å². The first-order chi connectivity index (χ1) is 10.7. The molecular weight excluding hydrogens is 310 g/mol. The molecule has 5 nitrogen and oxygen atoms in total. The quantitative estimate of drug-likeness (QED) is 0.856. The molecule has 1 amide bonds. The van der Waals surface area contributed by atoms with E-state index in [1.807, 2.05) is 27.7 Å². The van der Waals surface area contributed by atoms with E-state index in [1.54, 1.807) is 11.3 Å². The number of carbonyl (C=O) groups is 1. The molecule has 1 aromatic rings. The van der Waals surface area contributed by atoms with Crippen LogP contribution in [-0.2, 0) is 4.74 Å². The van der Waals surface area contributed by atoms with Crippen LogP contribution in [0.5, 0.6) is 0 Å². The largest absolute Gasteiger partial charge is 0.444 e. The van der Waals surface area contributed by atoms with E-state index < -0.39 is 5.60 Å². The van der Waals surface area contributed by atoms with Gasteiger partial charge < -0.3 is 15.4 Å². The predicted octanol–water partition coefficient (Wildman–Crippen LogP) is 3.80. The van der Waals surface area contributed by atoms with Crippen LogP contribution in [0, 0.1) is 12.8 Å². The van der Waals surface area contributed by atoms with Crippen molar-refractivity contribution in [1.29, 1.82) is 0 Å². The number of nitrogens with one attached hydrogen (secondary N) is 2. The lowest BCUT2D eigenvalue weighted by Crippen LogP contribution is -2.41. The number of thiazole rings is 1. The first kappa shape index (κ1) is 18.2. The number of aromatic nitrogens is 1. The number of ether oxygens (including phenoxy) is 1. The van der Waals surface area contributed by atoms with Crippen molar-refractivity contribution in [3.63, 3.8) is 0 Å². The third-order valence-corrected chi connectivity index (χ3v) is 4.90. The highest BCUT2D eigenvalue weighted by Gasteiger charge is 2.29. The number of carbonyl (C=O) groups excluding carboxylic acids is 1. The van der Waals surface area contributed by atoms with Crippen LogP contribution in [0.4, 0.5) is 4.79 Å². The van der Waals surface area contributed by atoms with Crippen LogP contribution in [0.15, 0.2) is 5.38 Å². The summed E-state index contributed by atoms with van der Waals surface area (Å²) in [6.07, 6.45) is 3.15. The topological polar surface area (TPSA) is 63.2 Å². The van der Waals surface area contributed by atoms with E-state index in [2.05, 4.69) is 27.9 Å². The molecule has 1 aromatic heterocycles. The molecule has 3 atom stereocenters. The van der Waals surface area contributed by atoms with E-state index in [1.165, 1.54) is 6.42 Å². The van der Waals surface area contributed by atoms with Gasteiger partial charge in [-0.2, -0.15) is 0 Å². The van der Waals surface area contributed by atoms with Crippen LogP contribution in [0.3, 0.4) is 0 Å². The Balaban J connectivity index is 1.82. The number of nitrogens with zero attached hydrogens (tertiary/aromatic N) is 1. The average Bonchev–Trinajstić information content (AvgIpc) is 3.03. The SMILES string of the molecule is Cc1nc(C(C)NC2CCCC2CNC(=O)OC(C)(C)C)cs1. The third-order valence-electron chi connectivity index (χ3n) is 4.11. The summed E-state index contributed by atoms with van der Waals surface area (Å²) in [5.41, 5.74) is 0.659. The zero-order valence-corrected chi connectivity index (χ0v) is 15.6. The van der Waals surface area contributed by atoms with Gasteiger partial charge >= 0.3 is 6.09 Å². The Morgan fingerprint density at radius 3 is 2.83 bits per heavy atom. The fourth-order valence-corrected chi connectivity index (χ4v) is 3.72. The van der Waals surface area contributed by atoms with Crippen molar-refractivity contribution in [3.05, 3.63) is 16.1 Å². The van der Waals surface area contributed by atoms with Gasteiger partial charge in [-0.25, -0.2) is 9.78 Å². The van der Waals surface area contributed by atoms with Crippen LogP contribution >= 0.6 is 11.3 Å². The van der Waals surface area contributed by atoms with Crippen LogP contribution in [-0.4, -0.2) is 29.3 Å². The Morgan fingerprint density at radius 1 is 1.48 bits per heavy atom. The van der Waals surface area contributed by atoms with E-state index in [9.17, 15) is 4.79 Å². The minimum absolute atomic E-state index is 0.243. The summed E-state index contributed by atoms with van der Waals surface area (Å²) >= 11 is 1.69. The molecule has 1 aliphatic rings. The molecule has 1 saturated carbocycles. The molecule has 23 heavy (non-hydrogen) atoms. The second kappa shape index (κ2) is 7.62. The number of amides is 1. The summed E-state index contributed by atoms with van der Waals surface area (Å²) in [4.78, 5) is 16.4. The van der Waals surface area contributed by atoms with Gasteiger partial charge in [0, 0.05) is 24.0 Å². The summed E-state index contributed by atoms with van der Waals surface area (Å²) in [5, 5.41) is 9.82. The second-order valence-electron chi connectivity index (χ2n) is 7.36. The minimum Gasteiger partial charge on any atom is -0.444 e. The van der Waals surface area contributed by atoms with E-state index in [0.717, 1.165) is 23.5 Å². The Kier molecular flexibility index (Phi) is 6.03. The van der Waals surface area contributed by atoms with Crippen molar-refractivity contribution in [2.45, 2.75) is 71.6 Å². The lowest BCUT2D eigenvalue weighted by atomic mass is 10.0. The minimum atomic E-state index is -0.450. The molecule has 0 aromatic carbocycles. The molecule has 0 radical (unpaired) electrons. The molecule has 1 aliphatic carbocycles.